The standard InChI is InChI=1S/C19H27N3O2S/c1-15-2-4-16(5-3-15)21-17(23)12-25-13-18(24)22-10-7-19(8-11-22)6-9-20-14-19/h2-5,20H,6-14H2,1H3,(H,21,23). The van der Waals surface area contributed by atoms with Crippen LogP contribution in [0.1, 0.15) is 24.8 Å². The maximum atomic E-state index is 12.3. The summed E-state index contributed by atoms with van der Waals surface area (Å²) in [4.78, 5) is 26.3. The Bertz CT molecular complexity index is 602. The maximum absolute atomic E-state index is 12.3. The minimum absolute atomic E-state index is 0.0590. The van der Waals surface area contributed by atoms with E-state index in [9.17, 15) is 9.59 Å². The van der Waals surface area contributed by atoms with Crippen molar-refractivity contribution in [3.8, 4) is 0 Å². The van der Waals surface area contributed by atoms with E-state index in [2.05, 4.69) is 10.6 Å². The summed E-state index contributed by atoms with van der Waals surface area (Å²) in [6, 6.07) is 7.72. The second-order valence-electron chi connectivity index (χ2n) is 7.21. The van der Waals surface area contributed by atoms with Gasteiger partial charge in [0.15, 0.2) is 0 Å². The zero-order valence-corrected chi connectivity index (χ0v) is 15.7. The van der Waals surface area contributed by atoms with Crippen LogP contribution in [0.3, 0.4) is 0 Å². The molecule has 2 aliphatic heterocycles. The first-order valence-electron chi connectivity index (χ1n) is 8.99. The Kier molecular flexibility index (Phi) is 6.02. The lowest BCUT2D eigenvalue weighted by molar-refractivity contribution is -0.130. The molecule has 3 rings (SSSR count). The summed E-state index contributed by atoms with van der Waals surface area (Å²) in [7, 11) is 0. The lowest BCUT2D eigenvalue weighted by Crippen LogP contribution is -2.44. The number of nitrogens with one attached hydrogen (secondary N) is 2. The van der Waals surface area contributed by atoms with Crippen molar-refractivity contribution in [2.45, 2.75) is 26.2 Å². The molecule has 2 heterocycles. The molecule has 1 aromatic carbocycles. The van der Waals surface area contributed by atoms with Crippen molar-refractivity contribution < 1.29 is 9.59 Å². The molecule has 0 atom stereocenters. The molecule has 0 aromatic heterocycles. The minimum Gasteiger partial charge on any atom is -0.342 e. The van der Waals surface area contributed by atoms with E-state index in [0.29, 0.717) is 16.9 Å². The van der Waals surface area contributed by atoms with Crippen molar-refractivity contribution in [3.63, 3.8) is 0 Å². The van der Waals surface area contributed by atoms with Crippen molar-refractivity contribution in [1.29, 1.82) is 0 Å². The highest BCUT2D eigenvalue weighted by Gasteiger charge is 2.37. The number of carbonyl (C=O) groups is 2. The van der Waals surface area contributed by atoms with Crippen LogP contribution in [0.2, 0.25) is 0 Å². The van der Waals surface area contributed by atoms with Crippen LogP contribution in [0.5, 0.6) is 0 Å². The molecule has 2 aliphatic rings. The Balaban J connectivity index is 1.35. The van der Waals surface area contributed by atoms with Crippen molar-refractivity contribution >= 4 is 29.3 Å². The predicted molar refractivity (Wildman–Crippen MR) is 103 cm³/mol. The quantitative estimate of drug-likeness (QED) is 0.845. The molecule has 2 N–H and O–H groups in total. The molecule has 5 nitrogen and oxygen atoms in total. The highest BCUT2D eigenvalue weighted by atomic mass is 32.2. The van der Waals surface area contributed by atoms with Crippen LogP contribution in [0.4, 0.5) is 5.69 Å². The molecule has 0 unspecified atom stereocenters. The van der Waals surface area contributed by atoms with Gasteiger partial charge in [0.05, 0.1) is 11.5 Å². The van der Waals surface area contributed by atoms with E-state index in [-0.39, 0.29) is 11.8 Å². The van der Waals surface area contributed by atoms with E-state index in [1.165, 1.54) is 18.2 Å². The van der Waals surface area contributed by atoms with Gasteiger partial charge in [0, 0.05) is 25.3 Å². The number of nitrogens with zero attached hydrogens (tertiary/aromatic N) is 1. The average Bonchev–Trinajstić information content (AvgIpc) is 3.05. The Morgan fingerprint density at radius 3 is 2.52 bits per heavy atom. The van der Waals surface area contributed by atoms with Gasteiger partial charge >= 0.3 is 0 Å². The smallest absolute Gasteiger partial charge is 0.234 e. The van der Waals surface area contributed by atoms with E-state index in [1.807, 2.05) is 36.1 Å². The van der Waals surface area contributed by atoms with Crippen LogP contribution in [0, 0.1) is 12.3 Å². The number of rotatable bonds is 5. The van der Waals surface area contributed by atoms with Gasteiger partial charge in [0.2, 0.25) is 11.8 Å². The third kappa shape index (κ3) is 4.98. The van der Waals surface area contributed by atoms with Crippen LogP contribution in [0.25, 0.3) is 0 Å². The van der Waals surface area contributed by atoms with E-state index in [0.717, 1.165) is 50.3 Å². The summed E-state index contributed by atoms with van der Waals surface area (Å²) in [5.41, 5.74) is 2.39. The maximum Gasteiger partial charge on any atom is 0.234 e. The first kappa shape index (κ1) is 18.3. The zero-order chi connectivity index (χ0) is 17.7. The predicted octanol–water partition coefficient (Wildman–Crippen LogP) is 2.27. The number of hydrogen-bond donors (Lipinski definition) is 2. The largest absolute Gasteiger partial charge is 0.342 e. The van der Waals surface area contributed by atoms with Gasteiger partial charge in [-0.3, -0.25) is 9.59 Å². The third-order valence-electron chi connectivity index (χ3n) is 5.30. The molecule has 136 valence electrons. The van der Waals surface area contributed by atoms with E-state index >= 15 is 0 Å². The van der Waals surface area contributed by atoms with Gasteiger partial charge in [0.25, 0.3) is 0 Å². The first-order valence-corrected chi connectivity index (χ1v) is 10.1. The van der Waals surface area contributed by atoms with Crippen LogP contribution in [-0.2, 0) is 9.59 Å². The summed E-state index contributed by atoms with van der Waals surface area (Å²) in [6.45, 7) is 5.94. The summed E-state index contributed by atoms with van der Waals surface area (Å²) in [6.07, 6.45) is 3.44. The van der Waals surface area contributed by atoms with Gasteiger partial charge in [-0.2, -0.15) is 0 Å². The summed E-state index contributed by atoms with van der Waals surface area (Å²) in [5, 5.41) is 6.31. The second-order valence-corrected chi connectivity index (χ2v) is 8.20. The molecule has 0 aliphatic carbocycles. The molecule has 6 heteroatoms. The molecule has 2 fully saturated rings. The average molecular weight is 362 g/mol. The van der Waals surface area contributed by atoms with E-state index in [1.54, 1.807) is 0 Å². The van der Waals surface area contributed by atoms with Crippen LogP contribution >= 0.6 is 11.8 Å². The highest BCUT2D eigenvalue weighted by molar-refractivity contribution is 8.00. The molecule has 0 saturated carbocycles. The Labute approximate surface area is 153 Å². The first-order chi connectivity index (χ1) is 12.1. The van der Waals surface area contributed by atoms with Crippen molar-refractivity contribution in [2.24, 2.45) is 5.41 Å². The van der Waals surface area contributed by atoms with Crippen molar-refractivity contribution in [2.75, 3.05) is 43.0 Å². The van der Waals surface area contributed by atoms with Gasteiger partial charge in [-0.25, -0.2) is 0 Å². The molecule has 1 spiro atoms. The topological polar surface area (TPSA) is 61.4 Å². The molecule has 0 radical (unpaired) electrons. The highest BCUT2D eigenvalue weighted by Crippen LogP contribution is 2.36. The Hall–Kier alpha value is -1.53. The number of anilines is 1. The number of aryl methyl sites for hydroxylation is 1. The van der Waals surface area contributed by atoms with E-state index in [4.69, 9.17) is 0 Å². The second kappa shape index (κ2) is 8.23. The lowest BCUT2D eigenvalue weighted by atomic mass is 9.78. The van der Waals surface area contributed by atoms with Gasteiger partial charge in [-0.15, -0.1) is 11.8 Å². The number of likely N-dealkylation sites (tertiary alicyclic amines) is 1. The molecule has 2 saturated heterocycles. The zero-order valence-electron chi connectivity index (χ0n) is 14.8. The van der Waals surface area contributed by atoms with Crippen LogP contribution in [0.15, 0.2) is 24.3 Å². The molecule has 2 amide bonds. The summed E-state index contributed by atoms with van der Waals surface area (Å²) in [5.74, 6) is 0.790. The Morgan fingerprint density at radius 2 is 1.88 bits per heavy atom. The third-order valence-corrected chi connectivity index (χ3v) is 6.22. The minimum atomic E-state index is -0.0590. The van der Waals surface area contributed by atoms with Crippen molar-refractivity contribution in [1.82, 2.24) is 10.2 Å². The van der Waals surface area contributed by atoms with Crippen LogP contribution in [-0.4, -0.2) is 54.4 Å². The molecule has 1 aromatic rings. The van der Waals surface area contributed by atoms with Gasteiger partial charge in [-0.1, -0.05) is 17.7 Å². The number of hydrogen-bond acceptors (Lipinski definition) is 4. The molecule has 0 bridgehead atoms. The van der Waals surface area contributed by atoms with Gasteiger partial charge in [0.1, 0.15) is 0 Å². The van der Waals surface area contributed by atoms with E-state index < -0.39 is 0 Å². The SMILES string of the molecule is Cc1ccc(NC(=O)CSCC(=O)N2CCC3(CCNC3)CC2)cc1. The lowest BCUT2D eigenvalue weighted by Gasteiger charge is -2.38. The summed E-state index contributed by atoms with van der Waals surface area (Å²) < 4.78 is 0. The van der Waals surface area contributed by atoms with Crippen molar-refractivity contribution in [3.05, 3.63) is 29.8 Å². The number of carbonyl (C=O) groups excluding carboxylic acids is 2. The van der Waals surface area contributed by atoms with Gasteiger partial charge < -0.3 is 15.5 Å². The van der Waals surface area contributed by atoms with Crippen LogP contribution < -0.4 is 10.6 Å². The Morgan fingerprint density at radius 1 is 1.16 bits per heavy atom. The van der Waals surface area contributed by atoms with Gasteiger partial charge in [-0.05, 0) is 50.3 Å². The monoisotopic (exact) mass is 361 g/mol. The number of thioether (sulfide) groups is 1. The molecular weight excluding hydrogens is 334 g/mol. The summed E-state index contributed by atoms with van der Waals surface area (Å²) >= 11 is 1.39. The molecular formula is C19H27N3O2S. The fraction of sp³-hybridized carbons (Fsp3) is 0.579. The number of piperidine rings is 1. The molecule has 25 heavy (non-hydrogen) atoms. The number of amides is 2. The number of benzene rings is 1. The fourth-order valence-electron chi connectivity index (χ4n) is 3.61. The fourth-order valence-corrected chi connectivity index (χ4v) is 4.33. The normalized spacial score (nSPS) is 19.2.